The van der Waals surface area contributed by atoms with Gasteiger partial charge in [-0.3, -0.25) is 9.13 Å². The molecule has 0 spiro atoms. The lowest BCUT2D eigenvalue weighted by atomic mass is 10.1. The molecule has 0 amide bonds. The molecule has 0 unspecified atom stereocenters. The lowest BCUT2D eigenvalue weighted by molar-refractivity contribution is 0.981. The van der Waals surface area contributed by atoms with Gasteiger partial charge < -0.3 is 18.3 Å². The standard InChI is InChI=1S/C45H29N5.2C43H27N7/c1-4-14-30(15-5-1)43-46-44(31-16-6-2-7-17-31)48-45(47-43)32-24-26-34(27-25-32)50-40-23-13-11-21-36(40)38-28-41-37(29-42(38)50)35-20-10-12-22-39(35)49(41)33-18-8-3-9-19-33;1-4-14-28(15-5-1)40-46-41(29-16-6-2-7-17-29)48-42(47-40)30-26-44-43(45-27-30)50-37-23-13-11-21-33(37)35-24-34-32-20-10-12-22-36(32)49(38(34)25-39(35)50)31-18-8-3-9-19-31;1-4-14-28(15-5-1)40-46-41(29-16-6-2-7-17-29)48-42(47-40)30-26-44-43(45-27-30)50-37-23-13-11-21-33(37)35-25-24-34-32-20-10-12-22-36(32)49(38(34)39(35)50)31-18-8-3-9-19-31/h1-29H;2*1-27H. The average molecular weight is 1920 g/mol. The molecule has 0 radical (unpaired) electrons. The van der Waals surface area contributed by atoms with E-state index < -0.39 is 0 Å². The Morgan fingerprint density at radius 3 is 0.627 bits per heavy atom. The maximum Gasteiger partial charge on any atom is 0.234 e. The van der Waals surface area contributed by atoms with Gasteiger partial charge in [-0.1, -0.05) is 358 Å². The topological polar surface area (TPSA) is 197 Å². The van der Waals surface area contributed by atoms with E-state index in [-0.39, 0.29) is 0 Å². The molecule has 0 N–H and O–H groups in total. The molecule has 19 nitrogen and oxygen atoms in total. The van der Waals surface area contributed by atoms with E-state index in [1.165, 1.54) is 65.2 Å². The fourth-order valence-electron chi connectivity index (χ4n) is 21.3. The number of hydrogen-bond donors (Lipinski definition) is 0. The van der Waals surface area contributed by atoms with Crippen LogP contribution in [0.1, 0.15) is 0 Å². The zero-order valence-corrected chi connectivity index (χ0v) is 80.4. The van der Waals surface area contributed by atoms with Crippen LogP contribution in [0.4, 0.5) is 0 Å². The molecule has 30 rings (SSSR count). The largest absolute Gasteiger partial charge is 0.309 e. The predicted octanol–water partition coefficient (Wildman–Crippen LogP) is 30.8. The Balaban J connectivity index is 0.000000108. The van der Waals surface area contributed by atoms with E-state index in [1.807, 2.05) is 194 Å². The van der Waals surface area contributed by atoms with Crippen molar-refractivity contribution in [3.05, 3.63) is 504 Å². The van der Waals surface area contributed by atoms with Crippen molar-refractivity contribution in [2.45, 2.75) is 0 Å². The predicted molar refractivity (Wildman–Crippen MR) is 606 cm³/mol. The highest BCUT2D eigenvalue weighted by Crippen LogP contribution is 2.46. The summed E-state index contributed by atoms with van der Waals surface area (Å²) in [5, 5.41) is 14.2. The van der Waals surface area contributed by atoms with Crippen LogP contribution in [0.25, 0.3) is 268 Å². The maximum atomic E-state index is 5.01. The van der Waals surface area contributed by atoms with Gasteiger partial charge >= 0.3 is 0 Å². The average Bonchev–Trinajstić information content (AvgIpc) is 1.56. The fraction of sp³-hybridized carbons (Fsp3) is 0. The molecule has 0 bridgehead atoms. The molecule has 30 aromatic rings. The van der Waals surface area contributed by atoms with Crippen molar-refractivity contribution < 1.29 is 0 Å². The van der Waals surface area contributed by atoms with Gasteiger partial charge in [-0.25, -0.2) is 64.8 Å². The van der Waals surface area contributed by atoms with Crippen molar-refractivity contribution in [3.63, 3.8) is 0 Å². The highest BCUT2D eigenvalue weighted by Gasteiger charge is 2.28. The normalized spacial score (nSPS) is 11.6. The highest BCUT2D eigenvalue weighted by molar-refractivity contribution is 6.25. The van der Waals surface area contributed by atoms with Gasteiger partial charge in [0.1, 0.15) is 0 Å². The number of para-hydroxylation sites is 9. The molecule has 0 aliphatic heterocycles. The molecule has 0 saturated carbocycles. The Morgan fingerprint density at radius 2 is 0.320 bits per heavy atom. The summed E-state index contributed by atoms with van der Waals surface area (Å²) in [6.07, 6.45) is 7.24. The van der Waals surface area contributed by atoms with E-state index in [9.17, 15) is 0 Å². The Morgan fingerprint density at radius 1 is 0.120 bits per heavy atom. The first kappa shape index (κ1) is 87.0. The molecule has 19 aromatic carbocycles. The Bertz CT molecular complexity index is 10200. The van der Waals surface area contributed by atoms with Gasteiger partial charge in [-0.2, -0.15) is 0 Å². The number of hydrogen-bond acceptors (Lipinski definition) is 13. The van der Waals surface area contributed by atoms with Crippen LogP contribution in [0.15, 0.2) is 504 Å². The Kier molecular flexibility index (Phi) is 21.4. The summed E-state index contributed by atoms with van der Waals surface area (Å²) in [5.41, 5.74) is 25.8. The Hall–Kier alpha value is -20.8. The molecule has 11 heterocycles. The monoisotopic (exact) mass is 1920 g/mol. The molecule has 11 aromatic heterocycles. The highest BCUT2D eigenvalue weighted by atomic mass is 15.2. The van der Waals surface area contributed by atoms with Crippen molar-refractivity contribution in [3.8, 4) is 137 Å². The van der Waals surface area contributed by atoms with Crippen molar-refractivity contribution >= 4 is 131 Å². The van der Waals surface area contributed by atoms with Crippen LogP contribution in [0.5, 0.6) is 0 Å². The van der Waals surface area contributed by atoms with Gasteiger partial charge in [0, 0.05) is 151 Å². The van der Waals surface area contributed by atoms with E-state index in [4.69, 9.17) is 64.8 Å². The van der Waals surface area contributed by atoms with E-state index in [0.29, 0.717) is 75.4 Å². The summed E-state index contributed by atoms with van der Waals surface area (Å²) in [6, 6.07) is 166. The number of aromatic nitrogens is 19. The second kappa shape index (κ2) is 36.8. The van der Waals surface area contributed by atoms with E-state index in [1.54, 1.807) is 12.4 Å². The second-order valence-electron chi connectivity index (χ2n) is 37.0. The fourth-order valence-corrected chi connectivity index (χ4v) is 21.3. The first-order valence-corrected chi connectivity index (χ1v) is 49.8. The third kappa shape index (κ3) is 15.3. The van der Waals surface area contributed by atoms with Crippen molar-refractivity contribution in [1.29, 1.82) is 0 Å². The number of fused-ring (bicyclic) bond motifs is 19. The van der Waals surface area contributed by atoms with Crippen LogP contribution in [-0.4, -0.2) is 92.2 Å². The van der Waals surface area contributed by atoms with Crippen molar-refractivity contribution in [1.82, 2.24) is 92.2 Å². The summed E-state index contributed by atoms with van der Waals surface area (Å²) in [6.45, 7) is 0. The molecule has 0 atom stereocenters. The molecule has 0 saturated heterocycles. The minimum absolute atomic E-state index is 0.512. The molecule has 150 heavy (non-hydrogen) atoms. The number of rotatable bonds is 15. The van der Waals surface area contributed by atoms with E-state index in [0.717, 1.165) is 127 Å². The van der Waals surface area contributed by atoms with Gasteiger partial charge in [0.15, 0.2) is 52.4 Å². The molecule has 0 fully saturated rings. The van der Waals surface area contributed by atoms with Crippen molar-refractivity contribution in [2.75, 3.05) is 0 Å². The van der Waals surface area contributed by atoms with Gasteiger partial charge in [-0.15, -0.1) is 0 Å². The summed E-state index contributed by atoms with van der Waals surface area (Å²) in [5.74, 6) is 6.49. The number of benzene rings is 19. The van der Waals surface area contributed by atoms with Crippen LogP contribution >= 0.6 is 0 Å². The van der Waals surface area contributed by atoms with Gasteiger partial charge in [-0.05, 0) is 121 Å². The zero-order chi connectivity index (χ0) is 99.1. The van der Waals surface area contributed by atoms with Gasteiger partial charge in [0.2, 0.25) is 11.9 Å². The van der Waals surface area contributed by atoms with Crippen LogP contribution in [0.3, 0.4) is 0 Å². The van der Waals surface area contributed by atoms with Gasteiger partial charge in [0.05, 0.1) is 77.3 Å². The summed E-state index contributed by atoms with van der Waals surface area (Å²) in [4.78, 5) is 63.9. The van der Waals surface area contributed by atoms with Crippen LogP contribution < -0.4 is 0 Å². The van der Waals surface area contributed by atoms with Crippen LogP contribution in [-0.2, 0) is 0 Å². The second-order valence-corrected chi connectivity index (χ2v) is 37.0. The minimum atomic E-state index is 0.512. The summed E-state index contributed by atoms with van der Waals surface area (Å²) in [7, 11) is 0. The summed E-state index contributed by atoms with van der Waals surface area (Å²) < 4.78 is 13.8. The minimum Gasteiger partial charge on any atom is -0.309 e. The zero-order valence-electron chi connectivity index (χ0n) is 80.4. The van der Waals surface area contributed by atoms with E-state index in [2.05, 4.69) is 325 Å². The van der Waals surface area contributed by atoms with Crippen molar-refractivity contribution in [2.24, 2.45) is 0 Å². The van der Waals surface area contributed by atoms with Crippen LogP contribution in [0.2, 0.25) is 0 Å². The Labute approximate surface area is 858 Å². The SMILES string of the molecule is c1ccc(-c2nc(-c3ccccc3)nc(-c3ccc(-n4c5ccccc5c5cc6c(cc54)c4ccccc4n6-c4ccccc4)cc3)n2)cc1.c1ccc(-c2nc(-c3ccccc3)nc(-c3cnc(-n4c5ccccc5c5cc6c7ccccc7n(-c7ccccc7)c6cc54)nc3)n2)cc1.c1ccc(-c2nc(-c3ccccc3)nc(-c3cnc(-n4c5ccccc5c5ccc6c7ccccc7n(-c7ccccc7)c6c54)nc3)n2)cc1. The smallest absolute Gasteiger partial charge is 0.234 e. The molecule has 0 aliphatic carbocycles. The maximum absolute atomic E-state index is 5.01. The number of nitrogens with zero attached hydrogens (tertiary/aromatic N) is 19. The molecular weight excluding hydrogens is 1840 g/mol. The molecule has 19 heteroatoms. The van der Waals surface area contributed by atoms with Crippen LogP contribution in [0, 0.1) is 0 Å². The summed E-state index contributed by atoms with van der Waals surface area (Å²) >= 11 is 0. The molecule has 702 valence electrons. The lowest BCUT2D eigenvalue weighted by Crippen LogP contribution is -2.04. The lowest BCUT2D eigenvalue weighted by Gasteiger charge is -2.12. The van der Waals surface area contributed by atoms with E-state index >= 15 is 0 Å². The third-order valence-electron chi connectivity index (χ3n) is 28.1. The quantitative estimate of drug-likeness (QED) is 0.0940. The third-order valence-corrected chi connectivity index (χ3v) is 28.1. The van der Waals surface area contributed by atoms with Gasteiger partial charge in [0.25, 0.3) is 0 Å². The first-order valence-electron chi connectivity index (χ1n) is 49.8. The first-order chi connectivity index (χ1) is 74.4. The molecule has 0 aliphatic rings. The molecular formula is C131H83N19.